The fraction of sp³-hybridized carbons (Fsp3) is 0.692. The molecule has 0 radical (unpaired) electrons. The molecule has 0 aromatic carbocycles. The molecule has 1 aliphatic rings. The average molecular weight is 250 g/mol. The summed E-state index contributed by atoms with van der Waals surface area (Å²) < 4.78 is 5.44. The summed E-state index contributed by atoms with van der Waals surface area (Å²) >= 11 is 0. The molecule has 2 rings (SSSR count). The van der Waals surface area contributed by atoms with Gasteiger partial charge in [-0.15, -0.1) is 0 Å². The number of rotatable bonds is 5. The van der Waals surface area contributed by atoms with E-state index in [1.807, 2.05) is 12.4 Å². The van der Waals surface area contributed by atoms with E-state index in [4.69, 9.17) is 4.74 Å². The Balaban J connectivity index is 2.02. The van der Waals surface area contributed by atoms with Crippen LogP contribution in [-0.2, 0) is 11.3 Å². The Hall–Kier alpha value is -1.20. The quantitative estimate of drug-likeness (QED) is 0.851. The first-order valence-electron chi connectivity index (χ1n) is 6.63. The van der Waals surface area contributed by atoms with E-state index in [2.05, 4.69) is 27.1 Å². The second-order valence-electron chi connectivity index (χ2n) is 4.59. The highest BCUT2D eigenvalue weighted by Crippen LogP contribution is 2.18. The van der Waals surface area contributed by atoms with Gasteiger partial charge in [0.1, 0.15) is 5.82 Å². The van der Waals surface area contributed by atoms with Gasteiger partial charge in [-0.05, 0) is 19.4 Å². The van der Waals surface area contributed by atoms with Crippen molar-refractivity contribution in [3.63, 3.8) is 0 Å². The molecule has 1 N–H and O–H groups in total. The highest BCUT2D eigenvalue weighted by molar-refractivity contribution is 5.37. The minimum absolute atomic E-state index is 0.318. The second kappa shape index (κ2) is 6.66. The third kappa shape index (κ3) is 3.40. The van der Waals surface area contributed by atoms with Gasteiger partial charge in [-0.2, -0.15) is 0 Å². The summed E-state index contributed by atoms with van der Waals surface area (Å²) in [6.07, 6.45) is 6.27. The van der Waals surface area contributed by atoms with Crippen molar-refractivity contribution in [3.8, 4) is 0 Å². The predicted molar refractivity (Wildman–Crippen MR) is 71.7 cm³/mol. The Morgan fingerprint density at radius 3 is 3.17 bits per heavy atom. The topological polar surface area (TPSA) is 50.3 Å². The largest absolute Gasteiger partial charge is 0.380 e. The van der Waals surface area contributed by atoms with E-state index >= 15 is 0 Å². The van der Waals surface area contributed by atoms with E-state index in [-0.39, 0.29) is 0 Å². The molecule has 0 bridgehead atoms. The van der Waals surface area contributed by atoms with Gasteiger partial charge < -0.3 is 15.0 Å². The van der Waals surface area contributed by atoms with Crippen molar-refractivity contribution < 1.29 is 4.74 Å². The Morgan fingerprint density at radius 2 is 2.39 bits per heavy atom. The molecule has 1 fully saturated rings. The number of hydrogen-bond donors (Lipinski definition) is 1. The van der Waals surface area contributed by atoms with E-state index in [9.17, 15) is 0 Å². The van der Waals surface area contributed by atoms with Crippen LogP contribution in [0.25, 0.3) is 0 Å². The first kappa shape index (κ1) is 13.2. The molecule has 0 spiro atoms. The second-order valence-corrected chi connectivity index (χ2v) is 4.59. The molecular weight excluding hydrogens is 228 g/mol. The molecular formula is C13H22N4O. The minimum Gasteiger partial charge on any atom is -0.380 e. The third-order valence-corrected chi connectivity index (χ3v) is 3.26. The van der Waals surface area contributed by atoms with Crippen LogP contribution in [0.5, 0.6) is 0 Å². The molecule has 1 aromatic rings. The zero-order chi connectivity index (χ0) is 12.8. The van der Waals surface area contributed by atoms with E-state index in [0.29, 0.717) is 6.10 Å². The molecule has 1 aromatic heterocycles. The van der Waals surface area contributed by atoms with Crippen molar-refractivity contribution in [3.05, 3.63) is 18.1 Å². The number of nitrogens with zero attached hydrogens (tertiary/aromatic N) is 3. The van der Waals surface area contributed by atoms with Crippen LogP contribution in [0.3, 0.4) is 0 Å². The van der Waals surface area contributed by atoms with Crippen molar-refractivity contribution in [2.24, 2.45) is 0 Å². The van der Waals surface area contributed by atoms with E-state index < -0.39 is 0 Å². The lowest BCUT2D eigenvalue weighted by Gasteiger charge is -2.32. The molecule has 0 aliphatic carbocycles. The van der Waals surface area contributed by atoms with Crippen molar-refractivity contribution in [1.82, 2.24) is 15.3 Å². The zero-order valence-electron chi connectivity index (χ0n) is 11.2. The Kier molecular flexibility index (Phi) is 4.90. The predicted octanol–water partition coefficient (Wildman–Crippen LogP) is 1.20. The van der Waals surface area contributed by atoms with Crippen LogP contribution >= 0.6 is 0 Å². The van der Waals surface area contributed by atoms with Crippen LogP contribution in [0.15, 0.2) is 12.4 Å². The molecule has 1 unspecified atom stereocenters. The maximum Gasteiger partial charge on any atom is 0.147 e. The summed E-state index contributed by atoms with van der Waals surface area (Å²) in [5.41, 5.74) is 0.994. The number of methoxy groups -OCH3 is 1. The van der Waals surface area contributed by atoms with Crippen molar-refractivity contribution in [2.45, 2.75) is 32.4 Å². The standard InChI is InChI=1S/C13H22N4O/c1-3-14-7-11-8-15-9-13(16-11)17-6-4-5-12(10-17)18-2/h8-9,12,14H,3-7,10H2,1-2H3. The number of nitrogens with one attached hydrogen (secondary N) is 1. The first-order chi connectivity index (χ1) is 8.83. The number of piperidine rings is 1. The summed E-state index contributed by atoms with van der Waals surface area (Å²) in [6.45, 7) is 5.76. The monoisotopic (exact) mass is 250 g/mol. The van der Waals surface area contributed by atoms with Crippen LogP contribution < -0.4 is 10.2 Å². The van der Waals surface area contributed by atoms with Gasteiger partial charge in [0.25, 0.3) is 0 Å². The molecule has 100 valence electrons. The van der Waals surface area contributed by atoms with Crippen LogP contribution in [0.1, 0.15) is 25.5 Å². The number of ether oxygens (including phenoxy) is 1. The van der Waals surface area contributed by atoms with Crippen LogP contribution in [0.4, 0.5) is 5.82 Å². The summed E-state index contributed by atoms with van der Waals surface area (Å²) in [5, 5.41) is 3.27. The molecule has 0 saturated carbocycles. The summed E-state index contributed by atoms with van der Waals surface area (Å²) in [7, 11) is 1.78. The van der Waals surface area contributed by atoms with Crippen molar-refractivity contribution in [1.29, 1.82) is 0 Å². The van der Waals surface area contributed by atoms with Crippen molar-refractivity contribution >= 4 is 5.82 Å². The molecule has 5 nitrogen and oxygen atoms in total. The van der Waals surface area contributed by atoms with Gasteiger partial charge in [-0.3, -0.25) is 4.98 Å². The SMILES string of the molecule is CCNCc1cncc(N2CCCC(OC)C2)n1. The molecule has 2 heterocycles. The van der Waals surface area contributed by atoms with E-state index in [1.54, 1.807) is 7.11 Å². The summed E-state index contributed by atoms with van der Waals surface area (Å²) in [5.74, 6) is 0.965. The normalized spacial score (nSPS) is 20.1. The number of hydrogen-bond acceptors (Lipinski definition) is 5. The van der Waals surface area contributed by atoms with Crippen LogP contribution in [0.2, 0.25) is 0 Å². The fourth-order valence-corrected chi connectivity index (χ4v) is 2.22. The molecule has 5 heteroatoms. The maximum absolute atomic E-state index is 5.44. The van der Waals surface area contributed by atoms with Gasteiger partial charge in [0, 0.05) is 32.9 Å². The zero-order valence-corrected chi connectivity index (χ0v) is 11.2. The molecule has 1 atom stereocenters. The molecule has 0 amide bonds. The lowest BCUT2D eigenvalue weighted by atomic mass is 10.1. The fourth-order valence-electron chi connectivity index (χ4n) is 2.22. The highest BCUT2D eigenvalue weighted by Gasteiger charge is 2.20. The van der Waals surface area contributed by atoms with Gasteiger partial charge in [0.15, 0.2) is 0 Å². The summed E-state index contributed by atoms with van der Waals surface area (Å²) in [6, 6.07) is 0. The highest BCUT2D eigenvalue weighted by atomic mass is 16.5. The first-order valence-corrected chi connectivity index (χ1v) is 6.63. The van der Waals surface area contributed by atoms with Gasteiger partial charge in [-0.25, -0.2) is 4.98 Å². The van der Waals surface area contributed by atoms with Crippen molar-refractivity contribution in [2.75, 3.05) is 31.6 Å². The van der Waals surface area contributed by atoms with Crippen LogP contribution in [-0.4, -0.2) is 42.8 Å². The number of aromatic nitrogens is 2. The smallest absolute Gasteiger partial charge is 0.147 e. The minimum atomic E-state index is 0.318. The summed E-state index contributed by atoms with van der Waals surface area (Å²) in [4.78, 5) is 11.2. The van der Waals surface area contributed by atoms with Gasteiger partial charge >= 0.3 is 0 Å². The molecule has 1 saturated heterocycles. The van der Waals surface area contributed by atoms with Gasteiger partial charge in [0.2, 0.25) is 0 Å². The average Bonchev–Trinajstić information content (AvgIpc) is 2.45. The van der Waals surface area contributed by atoms with Crippen LogP contribution in [0, 0.1) is 0 Å². The van der Waals surface area contributed by atoms with Gasteiger partial charge in [-0.1, -0.05) is 6.92 Å². The Morgan fingerprint density at radius 1 is 1.50 bits per heavy atom. The maximum atomic E-state index is 5.44. The third-order valence-electron chi connectivity index (χ3n) is 3.26. The Labute approximate surface area is 109 Å². The Bertz CT molecular complexity index is 372. The molecule has 1 aliphatic heterocycles. The lowest BCUT2D eigenvalue weighted by Crippen LogP contribution is -2.39. The number of anilines is 1. The lowest BCUT2D eigenvalue weighted by molar-refractivity contribution is 0.0891. The van der Waals surface area contributed by atoms with Gasteiger partial charge in [0.05, 0.1) is 18.0 Å². The van der Waals surface area contributed by atoms with E-state index in [1.165, 1.54) is 0 Å². The molecule has 18 heavy (non-hydrogen) atoms. The van der Waals surface area contributed by atoms with E-state index in [0.717, 1.165) is 50.5 Å².